The summed E-state index contributed by atoms with van der Waals surface area (Å²) in [6.45, 7) is 4.41. The van der Waals surface area contributed by atoms with Crippen LogP contribution in [0.1, 0.15) is 58.3 Å². The number of allylic oxidation sites excluding steroid dienone is 2. The van der Waals surface area contributed by atoms with Gasteiger partial charge in [-0.15, -0.1) is 0 Å². The summed E-state index contributed by atoms with van der Waals surface area (Å²) in [6, 6.07) is 0. The lowest BCUT2D eigenvalue weighted by molar-refractivity contribution is -0.137. The molecule has 4 N–H and O–H groups in total. The van der Waals surface area contributed by atoms with Gasteiger partial charge in [-0.25, -0.2) is 0 Å². The molecule has 0 aromatic carbocycles. The molecule has 0 aliphatic carbocycles. The van der Waals surface area contributed by atoms with E-state index in [-0.39, 0.29) is 6.42 Å². The van der Waals surface area contributed by atoms with Crippen molar-refractivity contribution in [2.45, 2.75) is 70.5 Å². The minimum atomic E-state index is -0.728. The van der Waals surface area contributed by atoms with Crippen LogP contribution in [-0.4, -0.2) is 53.0 Å². The molecule has 4 atom stereocenters. The van der Waals surface area contributed by atoms with E-state index < -0.39 is 5.97 Å². The molecule has 0 unspecified atom stereocenters. The normalized spacial score (nSPS) is 25.3. The largest absolute Gasteiger partial charge is 0.481 e. The van der Waals surface area contributed by atoms with Gasteiger partial charge in [-0.3, -0.25) is 4.79 Å². The van der Waals surface area contributed by atoms with Gasteiger partial charge in [0.15, 0.2) is 5.11 Å². The number of hydrogen-bond donors (Lipinski definition) is 4. The Labute approximate surface area is 185 Å². The Balaban J connectivity index is 1.68. The highest BCUT2D eigenvalue weighted by atomic mass is 32.1. The van der Waals surface area contributed by atoms with E-state index in [2.05, 4.69) is 35.0 Å². The van der Waals surface area contributed by atoms with E-state index in [0.717, 1.165) is 56.6 Å². The van der Waals surface area contributed by atoms with Crippen molar-refractivity contribution in [1.82, 2.24) is 16.0 Å². The molecule has 2 aliphatic rings. The molecule has 0 aromatic rings. The molecule has 0 radical (unpaired) electrons. The maximum absolute atomic E-state index is 10.6. The summed E-state index contributed by atoms with van der Waals surface area (Å²) in [5, 5.41) is 19.1. The van der Waals surface area contributed by atoms with Crippen molar-refractivity contribution >= 4 is 40.5 Å². The number of carboxylic acid groups (broad SMARTS) is 1. The Morgan fingerprint density at radius 1 is 1.10 bits per heavy atom. The monoisotopic (exact) mass is 441 g/mol. The molecule has 2 saturated heterocycles. The van der Waals surface area contributed by atoms with Crippen molar-refractivity contribution in [3.8, 4) is 0 Å². The third-order valence-electron chi connectivity index (χ3n) is 5.69. The number of aliphatic carboxylic acids is 1. The van der Waals surface area contributed by atoms with Crippen LogP contribution in [0.5, 0.6) is 0 Å². The third kappa shape index (κ3) is 8.56. The first-order valence-corrected chi connectivity index (χ1v) is 11.6. The highest BCUT2D eigenvalue weighted by Gasteiger charge is 2.47. The second-order valence-electron chi connectivity index (χ2n) is 7.88. The number of rotatable bonds is 13. The molecule has 0 amide bonds. The number of nitrogens with one attached hydrogen (secondary N) is 3. The van der Waals surface area contributed by atoms with Crippen LogP contribution < -0.4 is 16.0 Å². The van der Waals surface area contributed by atoms with E-state index in [1.807, 2.05) is 0 Å². The average Bonchev–Trinajstić information content (AvgIpc) is 3.29. The fraction of sp³-hybridized carbons (Fsp3) is 0.762. The molecule has 2 aliphatic heterocycles. The maximum atomic E-state index is 10.6. The summed E-state index contributed by atoms with van der Waals surface area (Å²) in [6.07, 6.45) is 12.2. The Bertz CT molecular complexity index is 586. The number of thiocarbonyl (C=S) groups is 2. The lowest BCUT2D eigenvalue weighted by Crippen LogP contribution is -2.44. The topological polar surface area (TPSA) is 82.6 Å². The van der Waals surface area contributed by atoms with Crippen LogP contribution in [0.15, 0.2) is 12.2 Å². The smallest absolute Gasteiger partial charge is 0.303 e. The fourth-order valence-electron chi connectivity index (χ4n) is 4.12. The number of carbonyl (C=O) groups is 1. The second-order valence-corrected chi connectivity index (χ2v) is 8.78. The molecule has 0 saturated carbocycles. The van der Waals surface area contributed by atoms with Gasteiger partial charge in [0, 0.05) is 25.4 Å². The van der Waals surface area contributed by atoms with Crippen LogP contribution in [0.2, 0.25) is 0 Å². The fourth-order valence-corrected chi connectivity index (χ4v) is 4.45. The molecule has 2 heterocycles. The third-order valence-corrected chi connectivity index (χ3v) is 6.26. The van der Waals surface area contributed by atoms with Crippen LogP contribution in [-0.2, 0) is 9.53 Å². The van der Waals surface area contributed by atoms with Gasteiger partial charge in [-0.05, 0) is 56.7 Å². The highest BCUT2D eigenvalue weighted by molar-refractivity contribution is 7.80. The van der Waals surface area contributed by atoms with Gasteiger partial charge in [0.2, 0.25) is 0 Å². The summed E-state index contributed by atoms with van der Waals surface area (Å²) >= 11 is 10.7. The predicted octanol–water partition coefficient (Wildman–Crippen LogP) is 3.16. The number of hydrogen-bond acceptors (Lipinski definition) is 4. The molecule has 0 aromatic heterocycles. The molecule has 29 heavy (non-hydrogen) atoms. The van der Waals surface area contributed by atoms with Gasteiger partial charge in [0.25, 0.3) is 0 Å². The zero-order valence-corrected chi connectivity index (χ0v) is 19.0. The first-order chi connectivity index (χ1) is 14.0. The van der Waals surface area contributed by atoms with E-state index in [0.29, 0.717) is 42.1 Å². The minimum absolute atomic E-state index is 0.233. The van der Waals surface area contributed by atoms with E-state index in [1.54, 1.807) is 0 Å². The second kappa shape index (κ2) is 13.1. The van der Waals surface area contributed by atoms with Crippen molar-refractivity contribution in [2.75, 3.05) is 19.6 Å². The lowest BCUT2D eigenvalue weighted by atomic mass is 9.77. The van der Waals surface area contributed by atoms with Gasteiger partial charge in [-0.2, -0.15) is 0 Å². The van der Waals surface area contributed by atoms with Crippen molar-refractivity contribution in [1.29, 1.82) is 0 Å². The van der Waals surface area contributed by atoms with Crippen LogP contribution in [0, 0.1) is 11.8 Å². The highest BCUT2D eigenvalue weighted by Crippen LogP contribution is 2.44. The first-order valence-electron chi connectivity index (χ1n) is 10.8. The summed E-state index contributed by atoms with van der Waals surface area (Å²) in [4.78, 5) is 11.3. The van der Waals surface area contributed by atoms with E-state index in [1.165, 1.54) is 0 Å². The van der Waals surface area contributed by atoms with Crippen LogP contribution in [0.25, 0.3) is 0 Å². The van der Waals surface area contributed by atoms with Crippen molar-refractivity contribution in [3.63, 3.8) is 0 Å². The molecule has 8 heteroatoms. The average molecular weight is 442 g/mol. The molecular formula is C21H35N3O3S2. The molecule has 6 nitrogen and oxygen atoms in total. The minimum Gasteiger partial charge on any atom is -0.481 e. The number of ether oxygens (including phenoxy) is 1. The van der Waals surface area contributed by atoms with Crippen LogP contribution in [0.3, 0.4) is 0 Å². The number of carboxylic acids is 1. The summed E-state index contributed by atoms with van der Waals surface area (Å²) in [5.41, 5.74) is 0. The molecule has 2 bridgehead atoms. The zero-order valence-electron chi connectivity index (χ0n) is 17.3. The summed E-state index contributed by atoms with van der Waals surface area (Å²) < 4.78 is 6.15. The van der Waals surface area contributed by atoms with Crippen molar-refractivity contribution in [3.05, 3.63) is 12.2 Å². The molecule has 164 valence electrons. The SMILES string of the molecule is CCCCNC(=S)NCC(=S)NC[C@@H]1[C@H](C/C=C\CCCC(=O)O)[C@@H]2CC[C@H]1O2. The van der Waals surface area contributed by atoms with Gasteiger partial charge in [0.05, 0.1) is 23.7 Å². The zero-order chi connectivity index (χ0) is 21.1. The first kappa shape index (κ1) is 24.0. The van der Waals surface area contributed by atoms with Gasteiger partial charge >= 0.3 is 5.97 Å². The van der Waals surface area contributed by atoms with Gasteiger partial charge < -0.3 is 25.8 Å². The quantitative estimate of drug-likeness (QED) is 0.197. The van der Waals surface area contributed by atoms with Crippen LogP contribution in [0.4, 0.5) is 0 Å². The maximum Gasteiger partial charge on any atom is 0.303 e. The molecular weight excluding hydrogens is 406 g/mol. The van der Waals surface area contributed by atoms with Crippen LogP contribution >= 0.6 is 24.4 Å². The van der Waals surface area contributed by atoms with E-state index in [9.17, 15) is 4.79 Å². The number of fused-ring (bicyclic) bond motifs is 2. The van der Waals surface area contributed by atoms with E-state index in [4.69, 9.17) is 34.3 Å². The Kier molecular flexibility index (Phi) is 10.9. The van der Waals surface area contributed by atoms with E-state index >= 15 is 0 Å². The Hall–Kier alpha value is -1.25. The van der Waals surface area contributed by atoms with Gasteiger partial charge in [-0.1, -0.05) is 37.7 Å². The summed E-state index contributed by atoms with van der Waals surface area (Å²) in [5.74, 6) is 0.239. The van der Waals surface area contributed by atoms with Crippen molar-refractivity contribution in [2.24, 2.45) is 11.8 Å². The standard InChI is InChI=1S/C21H35N3O3S2/c1-2-3-12-22-21(29)24-14-19(28)23-13-16-15(17-10-11-18(16)27-17)8-6-4-5-7-9-20(25)26/h4,6,15-18H,2-3,5,7-14H2,1H3,(H,23,28)(H,25,26)(H2,22,24,29)/b6-4-/t15-,16+,17-,18+/m0/s1. The molecule has 2 fully saturated rings. The Morgan fingerprint density at radius 2 is 1.86 bits per heavy atom. The van der Waals surface area contributed by atoms with Crippen molar-refractivity contribution < 1.29 is 14.6 Å². The Morgan fingerprint density at radius 3 is 2.59 bits per heavy atom. The predicted molar refractivity (Wildman–Crippen MR) is 124 cm³/mol. The lowest BCUT2D eigenvalue weighted by Gasteiger charge is -2.28. The molecule has 0 spiro atoms. The summed E-state index contributed by atoms with van der Waals surface area (Å²) in [7, 11) is 0. The van der Waals surface area contributed by atoms with Gasteiger partial charge in [0.1, 0.15) is 0 Å². The molecule has 2 rings (SSSR count). The number of unbranched alkanes of at least 4 members (excludes halogenated alkanes) is 2.